The first-order valence-electron chi connectivity index (χ1n) is 10.2. The maximum Gasteiger partial charge on any atom is 0.0981 e. The topological polar surface area (TPSA) is 23.5 Å². The highest BCUT2D eigenvalue weighted by molar-refractivity contribution is 5.56. The summed E-state index contributed by atoms with van der Waals surface area (Å²) in [7, 11) is 0. The Bertz CT molecular complexity index is 866. The van der Waals surface area contributed by atoms with Crippen LogP contribution in [0.5, 0.6) is 0 Å². The molecule has 1 aliphatic rings. The van der Waals surface area contributed by atoms with Gasteiger partial charge in [-0.3, -0.25) is 4.90 Å². The quantitative estimate of drug-likeness (QED) is 0.655. The molecule has 1 saturated heterocycles. The summed E-state index contributed by atoms with van der Waals surface area (Å²) in [6.45, 7) is 8.16. The number of likely N-dealkylation sites (tertiary alicyclic amines) is 1. The Hall–Kier alpha value is -2.42. The van der Waals surface area contributed by atoms with Gasteiger partial charge in [-0.2, -0.15) is 0 Å². The predicted octanol–water partition coefficient (Wildman–Crippen LogP) is 4.97. The lowest BCUT2D eigenvalue weighted by atomic mass is 9.71. The lowest BCUT2D eigenvalue weighted by Gasteiger charge is -2.46. The molecule has 0 aliphatic carbocycles. The first-order valence-corrected chi connectivity index (χ1v) is 10.2. The number of nitrogens with zero attached hydrogens (tertiary/aromatic N) is 1. The third-order valence-electron chi connectivity index (χ3n) is 6.24. The zero-order chi connectivity index (χ0) is 19.7. The molecule has 1 heterocycles. The highest BCUT2D eigenvalue weighted by Crippen LogP contribution is 2.47. The van der Waals surface area contributed by atoms with Crippen LogP contribution in [0.4, 0.5) is 0 Å². The van der Waals surface area contributed by atoms with Crippen molar-refractivity contribution in [3.63, 3.8) is 0 Å². The fraction of sp³-hybridized carbons (Fsp3) is 0.308. The van der Waals surface area contributed by atoms with E-state index in [0.717, 1.165) is 13.0 Å². The van der Waals surface area contributed by atoms with Gasteiger partial charge in [0, 0.05) is 13.1 Å². The van der Waals surface area contributed by atoms with E-state index in [2.05, 4.69) is 98.5 Å². The summed E-state index contributed by atoms with van der Waals surface area (Å²) in [5.41, 5.74) is 7.30. The van der Waals surface area contributed by atoms with Crippen LogP contribution in [0.1, 0.15) is 39.8 Å². The number of β-amino-alcohol motifs (C(OH)–C–C–N with tert-alkyl or cyclic N) is 1. The van der Waals surface area contributed by atoms with Gasteiger partial charge in [0.25, 0.3) is 0 Å². The zero-order valence-corrected chi connectivity index (χ0v) is 17.0. The van der Waals surface area contributed by atoms with Gasteiger partial charge in [0.2, 0.25) is 0 Å². The van der Waals surface area contributed by atoms with E-state index < -0.39 is 5.54 Å². The number of benzene rings is 3. The van der Waals surface area contributed by atoms with E-state index in [0.29, 0.717) is 6.54 Å². The second-order valence-electron chi connectivity index (χ2n) is 8.04. The third-order valence-corrected chi connectivity index (χ3v) is 6.24. The minimum atomic E-state index is -0.417. The average molecular weight is 372 g/mol. The third kappa shape index (κ3) is 2.97. The number of aliphatic hydroxyl groups excluding tert-OH is 1. The number of rotatable bonds is 4. The number of hydrogen-bond donors (Lipinski definition) is 1. The van der Waals surface area contributed by atoms with Gasteiger partial charge in [-0.15, -0.1) is 0 Å². The molecule has 0 aromatic heterocycles. The van der Waals surface area contributed by atoms with Gasteiger partial charge in [-0.1, -0.05) is 72.8 Å². The van der Waals surface area contributed by atoms with Crippen LogP contribution in [-0.4, -0.2) is 29.2 Å². The van der Waals surface area contributed by atoms with Crippen LogP contribution in [0.2, 0.25) is 0 Å². The number of hydrogen-bond acceptors (Lipinski definition) is 2. The molecule has 0 saturated carbocycles. The van der Waals surface area contributed by atoms with Crippen molar-refractivity contribution in [3.8, 4) is 0 Å². The summed E-state index contributed by atoms with van der Waals surface area (Å²) in [5.74, 6) is 0. The van der Waals surface area contributed by atoms with Crippen molar-refractivity contribution in [1.82, 2.24) is 4.90 Å². The van der Waals surface area contributed by atoms with Gasteiger partial charge >= 0.3 is 0 Å². The Labute approximate surface area is 168 Å². The van der Waals surface area contributed by atoms with E-state index in [1.54, 1.807) is 0 Å². The van der Waals surface area contributed by atoms with Crippen molar-refractivity contribution < 1.29 is 5.11 Å². The molecule has 1 atom stereocenters. The molecule has 1 fully saturated rings. The van der Waals surface area contributed by atoms with Gasteiger partial charge < -0.3 is 5.11 Å². The summed E-state index contributed by atoms with van der Waals surface area (Å²) < 4.78 is 0. The van der Waals surface area contributed by atoms with Crippen LogP contribution in [0.15, 0.2) is 72.8 Å². The highest BCUT2D eigenvalue weighted by Gasteiger charge is 2.46. The van der Waals surface area contributed by atoms with Crippen molar-refractivity contribution >= 4 is 0 Å². The summed E-state index contributed by atoms with van der Waals surface area (Å²) >= 11 is 0. The normalized spacial score (nSPS) is 17.8. The van der Waals surface area contributed by atoms with Gasteiger partial charge in [-0.05, 0) is 60.6 Å². The van der Waals surface area contributed by atoms with Crippen LogP contribution in [-0.2, 0) is 5.54 Å². The maximum atomic E-state index is 10.5. The van der Waals surface area contributed by atoms with Crippen LogP contribution in [0.3, 0.4) is 0 Å². The first-order chi connectivity index (χ1) is 13.5. The van der Waals surface area contributed by atoms with Gasteiger partial charge in [0.15, 0.2) is 0 Å². The molecule has 0 bridgehead atoms. The fourth-order valence-corrected chi connectivity index (χ4v) is 4.93. The standard InChI is InChI=1S/C26H29NO/c1-19-10-4-7-13-23(19)26(27-17-16-22(28)18-27,24-14-8-5-11-20(24)2)25-15-9-6-12-21(25)3/h4-15,22,28H,16-18H2,1-3H3. The van der Waals surface area contributed by atoms with Gasteiger partial charge in [-0.25, -0.2) is 0 Å². The van der Waals surface area contributed by atoms with E-state index in [4.69, 9.17) is 0 Å². The minimum absolute atomic E-state index is 0.281. The summed E-state index contributed by atoms with van der Waals surface area (Å²) in [4.78, 5) is 2.49. The maximum absolute atomic E-state index is 10.5. The van der Waals surface area contributed by atoms with Gasteiger partial charge in [0.05, 0.1) is 11.6 Å². The lowest BCUT2D eigenvalue weighted by Crippen LogP contribution is -2.48. The summed E-state index contributed by atoms with van der Waals surface area (Å²) in [6.07, 6.45) is 0.530. The molecule has 1 aliphatic heterocycles. The molecule has 3 aromatic carbocycles. The van der Waals surface area contributed by atoms with Crippen molar-refractivity contribution in [2.24, 2.45) is 0 Å². The average Bonchev–Trinajstić information content (AvgIpc) is 3.13. The van der Waals surface area contributed by atoms with Crippen LogP contribution < -0.4 is 0 Å². The smallest absolute Gasteiger partial charge is 0.0981 e. The molecule has 3 aromatic rings. The second kappa shape index (κ2) is 7.54. The van der Waals surface area contributed by atoms with Crippen molar-refractivity contribution in [2.45, 2.75) is 38.8 Å². The Morgan fingerprint density at radius 2 is 1.11 bits per heavy atom. The van der Waals surface area contributed by atoms with Crippen molar-refractivity contribution in [2.75, 3.05) is 13.1 Å². The largest absolute Gasteiger partial charge is 0.392 e. The summed E-state index contributed by atoms with van der Waals surface area (Å²) in [5, 5.41) is 10.5. The van der Waals surface area contributed by atoms with E-state index in [1.807, 2.05) is 0 Å². The Morgan fingerprint density at radius 1 is 0.714 bits per heavy atom. The van der Waals surface area contributed by atoms with Crippen molar-refractivity contribution in [3.05, 3.63) is 106 Å². The Balaban J connectivity index is 2.13. The SMILES string of the molecule is Cc1ccccc1C(c1ccccc1C)(c1ccccc1C)N1CCC(O)C1. The second-order valence-corrected chi connectivity index (χ2v) is 8.04. The summed E-state index contributed by atoms with van der Waals surface area (Å²) in [6, 6.07) is 26.1. The minimum Gasteiger partial charge on any atom is -0.392 e. The Kier molecular flexibility index (Phi) is 5.09. The molecular formula is C26H29NO. The molecule has 144 valence electrons. The zero-order valence-electron chi connectivity index (χ0n) is 17.0. The first kappa shape index (κ1) is 18.9. The van der Waals surface area contributed by atoms with Crippen LogP contribution in [0.25, 0.3) is 0 Å². The Morgan fingerprint density at radius 3 is 1.43 bits per heavy atom. The molecule has 28 heavy (non-hydrogen) atoms. The number of aliphatic hydroxyl groups is 1. The molecule has 2 nitrogen and oxygen atoms in total. The highest BCUT2D eigenvalue weighted by atomic mass is 16.3. The molecule has 2 heteroatoms. The molecule has 1 unspecified atom stereocenters. The lowest BCUT2D eigenvalue weighted by molar-refractivity contribution is 0.140. The fourth-order valence-electron chi connectivity index (χ4n) is 4.93. The number of aryl methyl sites for hydroxylation is 3. The van der Waals surface area contributed by atoms with E-state index in [9.17, 15) is 5.11 Å². The van der Waals surface area contributed by atoms with E-state index >= 15 is 0 Å². The van der Waals surface area contributed by atoms with E-state index in [1.165, 1.54) is 33.4 Å². The molecular weight excluding hydrogens is 342 g/mol. The predicted molar refractivity (Wildman–Crippen MR) is 116 cm³/mol. The van der Waals surface area contributed by atoms with Crippen molar-refractivity contribution in [1.29, 1.82) is 0 Å². The van der Waals surface area contributed by atoms with Crippen LogP contribution in [0, 0.1) is 20.8 Å². The molecule has 4 rings (SSSR count). The molecule has 0 radical (unpaired) electrons. The van der Waals surface area contributed by atoms with Crippen LogP contribution >= 0.6 is 0 Å². The molecule has 0 spiro atoms. The van der Waals surface area contributed by atoms with Gasteiger partial charge in [0.1, 0.15) is 0 Å². The molecule has 0 amide bonds. The monoisotopic (exact) mass is 371 g/mol. The van der Waals surface area contributed by atoms with E-state index in [-0.39, 0.29) is 6.10 Å². The molecule has 1 N–H and O–H groups in total.